The zero-order valence-electron chi connectivity index (χ0n) is 23.8. The van der Waals surface area contributed by atoms with Crippen LogP contribution in [0.3, 0.4) is 0 Å². The monoisotopic (exact) mass is 550 g/mol. The van der Waals surface area contributed by atoms with Gasteiger partial charge in [-0.3, -0.25) is 0 Å². The van der Waals surface area contributed by atoms with Crippen LogP contribution in [0, 0.1) is 18.8 Å². The number of halogens is 3. The minimum atomic E-state index is -4.54. The van der Waals surface area contributed by atoms with Crippen molar-refractivity contribution in [3.05, 3.63) is 77.9 Å². The van der Waals surface area contributed by atoms with E-state index in [1.165, 1.54) is 55.0 Å². The lowest BCUT2D eigenvalue weighted by atomic mass is 9.77. The number of allylic oxidation sites excluding steroid dienone is 1. The minimum Gasteiger partial charge on any atom is -0.330 e. The van der Waals surface area contributed by atoms with E-state index >= 15 is 0 Å². The van der Waals surface area contributed by atoms with Crippen LogP contribution in [0.15, 0.2) is 61.2 Å². The van der Waals surface area contributed by atoms with Gasteiger partial charge in [-0.2, -0.15) is 9.78 Å². The number of aromatic nitrogens is 3. The molecule has 0 atom stereocenters. The maximum atomic E-state index is 13.2. The van der Waals surface area contributed by atoms with Gasteiger partial charge in [-0.05, 0) is 104 Å². The Morgan fingerprint density at radius 3 is 2.40 bits per heavy atom. The van der Waals surface area contributed by atoms with Crippen molar-refractivity contribution in [3.63, 3.8) is 0 Å². The Labute approximate surface area is 236 Å². The summed E-state index contributed by atoms with van der Waals surface area (Å²) in [6.45, 7) is 9.84. The van der Waals surface area contributed by atoms with Crippen molar-refractivity contribution in [2.45, 2.75) is 90.3 Å². The highest BCUT2D eigenvalue weighted by atomic mass is 19.4. The van der Waals surface area contributed by atoms with Gasteiger partial charge < -0.3 is 4.90 Å². The fraction of sp³-hybridized carbons (Fsp3) is 0.515. The van der Waals surface area contributed by atoms with Crippen LogP contribution in [0.5, 0.6) is 0 Å². The van der Waals surface area contributed by atoms with Crippen LogP contribution >= 0.6 is 0 Å². The highest BCUT2D eigenvalue weighted by Crippen LogP contribution is 2.40. The summed E-state index contributed by atoms with van der Waals surface area (Å²) in [7, 11) is 0. The quantitative estimate of drug-likeness (QED) is 0.280. The van der Waals surface area contributed by atoms with Gasteiger partial charge in [-0.25, -0.2) is 4.98 Å². The molecule has 40 heavy (non-hydrogen) atoms. The average molecular weight is 551 g/mol. The molecule has 4 nitrogen and oxygen atoms in total. The summed E-state index contributed by atoms with van der Waals surface area (Å²) < 4.78 is 39.5. The van der Waals surface area contributed by atoms with E-state index in [1.54, 1.807) is 12.3 Å². The number of benzene rings is 1. The molecule has 2 aromatic heterocycles. The van der Waals surface area contributed by atoms with Crippen LogP contribution in [0.1, 0.15) is 87.3 Å². The van der Waals surface area contributed by atoms with Crippen LogP contribution in [0.2, 0.25) is 0 Å². The second-order valence-electron chi connectivity index (χ2n) is 11.7. The number of pyridine rings is 1. The summed E-state index contributed by atoms with van der Waals surface area (Å²) in [5.74, 6) is 2.30. The summed E-state index contributed by atoms with van der Waals surface area (Å²) in [6, 6.07) is 10.7. The van der Waals surface area contributed by atoms with Crippen LogP contribution < -0.4 is 4.90 Å². The van der Waals surface area contributed by atoms with Gasteiger partial charge in [0.2, 0.25) is 0 Å². The van der Waals surface area contributed by atoms with Crippen molar-refractivity contribution in [2.75, 3.05) is 11.4 Å². The summed E-state index contributed by atoms with van der Waals surface area (Å²) in [5.41, 5.74) is 6.48. The summed E-state index contributed by atoms with van der Waals surface area (Å²) in [6.07, 6.45) is 11.1. The van der Waals surface area contributed by atoms with E-state index in [4.69, 9.17) is 4.98 Å². The van der Waals surface area contributed by atoms with Gasteiger partial charge in [0.05, 0.1) is 6.20 Å². The van der Waals surface area contributed by atoms with E-state index in [0.29, 0.717) is 28.9 Å². The van der Waals surface area contributed by atoms with Crippen molar-refractivity contribution in [3.8, 4) is 11.1 Å². The summed E-state index contributed by atoms with van der Waals surface area (Å²) in [5, 5.41) is 3.53. The molecule has 2 fully saturated rings. The number of aryl methyl sites for hydroxylation is 2. The maximum absolute atomic E-state index is 13.2. The van der Waals surface area contributed by atoms with Gasteiger partial charge in [0.15, 0.2) is 0 Å². The molecule has 7 heteroatoms. The molecule has 5 rings (SSSR count). The lowest BCUT2D eigenvalue weighted by Gasteiger charge is -2.37. The summed E-state index contributed by atoms with van der Waals surface area (Å²) >= 11 is 0. The first-order valence-electron chi connectivity index (χ1n) is 14.9. The molecule has 0 amide bonds. The van der Waals surface area contributed by atoms with Gasteiger partial charge in [0.25, 0.3) is 0 Å². The van der Waals surface area contributed by atoms with E-state index < -0.39 is 6.30 Å². The molecule has 1 aromatic carbocycles. The first-order chi connectivity index (χ1) is 19.2. The normalized spacial score (nSPS) is 20.4. The minimum absolute atomic E-state index is 0.0525. The predicted octanol–water partition coefficient (Wildman–Crippen LogP) is 9.17. The Hall–Kier alpha value is -3.09. The molecule has 2 heterocycles. The molecule has 214 valence electrons. The zero-order chi connectivity index (χ0) is 28.3. The molecule has 2 saturated carbocycles. The highest BCUT2D eigenvalue weighted by molar-refractivity contribution is 5.66. The SMILES string of the molecule is C=C(C1CCCCC1)N(CC1CCC(c2ccc(CC)c(C)c2)CC1)c1cc(-c2cnn(C(F)(F)F)c2)ccn1. The number of hydrogen-bond donors (Lipinski definition) is 0. The molecular formula is C33H41F3N4. The third-order valence-electron chi connectivity index (χ3n) is 9.13. The predicted molar refractivity (Wildman–Crippen MR) is 155 cm³/mol. The largest absolute Gasteiger partial charge is 0.504 e. The third kappa shape index (κ3) is 6.45. The standard InChI is InChI=1S/C33H41F3N4/c1-4-26-14-15-29(18-23(26)2)28-12-10-25(11-13-28)21-39(24(3)27-8-6-5-7-9-27)32-19-30(16-17-37-32)31-20-38-40(22-31)33(34,35)36/h14-20,22,25,27-28H,3-13,21H2,1-2H3. The van der Waals surface area contributed by atoms with Crippen molar-refractivity contribution in [1.29, 1.82) is 0 Å². The summed E-state index contributed by atoms with van der Waals surface area (Å²) in [4.78, 5) is 6.98. The zero-order valence-corrected chi connectivity index (χ0v) is 23.8. The Balaban J connectivity index is 1.34. The number of hydrogen-bond acceptors (Lipinski definition) is 3. The van der Waals surface area contributed by atoms with Crippen LogP contribution in [-0.2, 0) is 12.7 Å². The molecule has 0 bridgehead atoms. The fourth-order valence-electron chi connectivity index (χ4n) is 6.68. The lowest BCUT2D eigenvalue weighted by molar-refractivity contribution is -0.212. The van der Waals surface area contributed by atoms with Gasteiger partial charge in [0, 0.05) is 30.2 Å². The van der Waals surface area contributed by atoms with E-state index in [0.717, 1.165) is 56.4 Å². The Kier molecular flexibility index (Phi) is 8.67. The van der Waals surface area contributed by atoms with E-state index in [-0.39, 0.29) is 4.68 Å². The van der Waals surface area contributed by atoms with Gasteiger partial charge in [-0.15, -0.1) is 13.2 Å². The second-order valence-corrected chi connectivity index (χ2v) is 11.7. The Morgan fingerprint density at radius 2 is 1.75 bits per heavy atom. The molecule has 2 aliphatic rings. The Bertz CT molecular complexity index is 1300. The van der Waals surface area contributed by atoms with Gasteiger partial charge in [-0.1, -0.05) is 51.0 Å². The molecule has 0 N–H and O–H groups in total. The lowest BCUT2D eigenvalue weighted by Crippen LogP contribution is -2.34. The molecule has 2 aliphatic carbocycles. The molecular weight excluding hydrogens is 509 g/mol. The smallest absolute Gasteiger partial charge is 0.330 e. The van der Waals surface area contributed by atoms with E-state index in [9.17, 15) is 13.2 Å². The highest BCUT2D eigenvalue weighted by Gasteiger charge is 2.32. The first kappa shape index (κ1) is 28.4. The Morgan fingerprint density at radius 1 is 1.00 bits per heavy atom. The molecule has 0 aliphatic heterocycles. The van der Waals surface area contributed by atoms with Crippen LogP contribution in [-0.4, -0.2) is 21.3 Å². The third-order valence-corrected chi connectivity index (χ3v) is 9.13. The number of alkyl halides is 3. The molecule has 3 aromatic rings. The fourth-order valence-corrected chi connectivity index (χ4v) is 6.68. The number of nitrogens with zero attached hydrogens (tertiary/aromatic N) is 4. The van der Waals surface area contributed by atoms with Gasteiger partial charge >= 0.3 is 6.30 Å². The van der Waals surface area contributed by atoms with Crippen molar-refractivity contribution < 1.29 is 13.2 Å². The van der Waals surface area contributed by atoms with Crippen molar-refractivity contribution in [1.82, 2.24) is 14.8 Å². The molecule has 0 radical (unpaired) electrons. The first-order valence-corrected chi connectivity index (χ1v) is 14.9. The van der Waals surface area contributed by atoms with Crippen LogP contribution in [0.25, 0.3) is 11.1 Å². The van der Waals surface area contributed by atoms with E-state index in [1.807, 2.05) is 6.07 Å². The van der Waals surface area contributed by atoms with Crippen molar-refractivity contribution in [2.24, 2.45) is 11.8 Å². The second kappa shape index (κ2) is 12.2. The van der Waals surface area contributed by atoms with Crippen molar-refractivity contribution >= 4 is 5.82 Å². The number of anilines is 1. The number of rotatable bonds is 8. The average Bonchev–Trinajstić information content (AvgIpc) is 3.48. The maximum Gasteiger partial charge on any atom is 0.504 e. The van der Waals surface area contributed by atoms with E-state index in [2.05, 4.69) is 48.6 Å². The van der Waals surface area contributed by atoms with Gasteiger partial charge in [0.1, 0.15) is 5.82 Å². The molecule has 0 unspecified atom stereocenters. The van der Waals surface area contributed by atoms with Crippen LogP contribution in [0.4, 0.5) is 19.0 Å². The molecule has 0 spiro atoms. The topological polar surface area (TPSA) is 34.0 Å². The molecule has 0 saturated heterocycles.